The highest BCUT2D eigenvalue weighted by atomic mass is 32.2. The van der Waals surface area contributed by atoms with Crippen LogP contribution in [0.15, 0.2) is 88.8 Å². The monoisotopic (exact) mass is 386 g/mol. The number of hydrogen-bond acceptors (Lipinski definition) is 4. The van der Waals surface area contributed by atoms with E-state index in [2.05, 4.69) is 4.98 Å². The Balaban J connectivity index is 1.77. The van der Waals surface area contributed by atoms with Gasteiger partial charge in [-0.05, 0) is 31.2 Å². The van der Waals surface area contributed by atoms with Crippen LogP contribution in [0.25, 0.3) is 16.6 Å². The summed E-state index contributed by atoms with van der Waals surface area (Å²) in [7, 11) is 0. The molecule has 0 aliphatic carbocycles. The molecular formula is C23H18N2O2S. The lowest BCUT2D eigenvalue weighted by molar-refractivity contribution is 0.102. The van der Waals surface area contributed by atoms with Gasteiger partial charge in [0.15, 0.2) is 10.9 Å². The lowest BCUT2D eigenvalue weighted by Gasteiger charge is -2.13. The van der Waals surface area contributed by atoms with Gasteiger partial charge in [-0.2, -0.15) is 0 Å². The molecule has 138 valence electrons. The molecule has 0 bridgehead atoms. The van der Waals surface area contributed by atoms with E-state index in [1.807, 2.05) is 67.6 Å². The second-order valence-corrected chi connectivity index (χ2v) is 7.41. The fraction of sp³-hybridized carbons (Fsp3) is 0.0870. The second-order valence-electron chi connectivity index (χ2n) is 6.47. The van der Waals surface area contributed by atoms with Crippen LogP contribution >= 0.6 is 11.8 Å². The number of fused-ring (bicyclic) bond motifs is 1. The topological polar surface area (TPSA) is 52.0 Å². The summed E-state index contributed by atoms with van der Waals surface area (Å²) in [4.78, 5) is 30.4. The molecule has 5 heteroatoms. The second kappa shape index (κ2) is 7.82. The summed E-state index contributed by atoms with van der Waals surface area (Å²) in [5, 5.41) is 1.07. The van der Waals surface area contributed by atoms with Crippen molar-refractivity contribution in [3.63, 3.8) is 0 Å². The number of para-hydroxylation sites is 1. The molecule has 0 N–H and O–H groups in total. The van der Waals surface area contributed by atoms with Crippen LogP contribution in [0.3, 0.4) is 0 Å². The first-order chi connectivity index (χ1) is 13.6. The Labute approximate surface area is 166 Å². The first-order valence-corrected chi connectivity index (χ1v) is 9.92. The van der Waals surface area contributed by atoms with Crippen LogP contribution < -0.4 is 5.56 Å². The molecule has 28 heavy (non-hydrogen) atoms. The quantitative estimate of drug-likeness (QED) is 0.284. The molecule has 0 saturated heterocycles. The fourth-order valence-corrected chi connectivity index (χ4v) is 3.88. The number of ketones is 1. The summed E-state index contributed by atoms with van der Waals surface area (Å²) < 4.78 is 1.59. The average molecular weight is 386 g/mol. The number of Topliss-reactive ketones (excluding diaryl/α,β-unsaturated/α-hetero) is 1. The van der Waals surface area contributed by atoms with Crippen molar-refractivity contribution in [1.82, 2.24) is 9.55 Å². The first kappa shape index (κ1) is 18.2. The average Bonchev–Trinajstić information content (AvgIpc) is 2.74. The van der Waals surface area contributed by atoms with Crippen LogP contribution in [-0.2, 0) is 0 Å². The maximum Gasteiger partial charge on any atom is 0.266 e. The minimum absolute atomic E-state index is 0.00321. The van der Waals surface area contributed by atoms with Gasteiger partial charge < -0.3 is 0 Å². The van der Waals surface area contributed by atoms with Gasteiger partial charge >= 0.3 is 0 Å². The van der Waals surface area contributed by atoms with E-state index in [9.17, 15) is 9.59 Å². The van der Waals surface area contributed by atoms with Gasteiger partial charge in [0.05, 0.1) is 22.3 Å². The molecule has 4 rings (SSSR count). The number of nitrogens with zero attached hydrogens (tertiary/aromatic N) is 2. The molecule has 4 aromatic rings. The summed E-state index contributed by atoms with van der Waals surface area (Å²) >= 11 is 1.28. The molecule has 3 aromatic carbocycles. The van der Waals surface area contributed by atoms with Gasteiger partial charge in [-0.1, -0.05) is 71.9 Å². The molecule has 0 saturated carbocycles. The van der Waals surface area contributed by atoms with Gasteiger partial charge in [0.2, 0.25) is 0 Å². The van der Waals surface area contributed by atoms with E-state index in [-0.39, 0.29) is 17.1 Å². The Bertz CT molecular complexity index is 1200. The van der Waals surface area contributed by atoms with E-state index in [4.69, 9.17) is 0 Å². The number of carbonyl (C=O) groups excluding carboxylic acids is 1. The predicted molar refractivity (Wildman–Crippen MR) is 114 cm³/mol. The molecular weight excluding hydrogens is 368 g/mol. The molecule has 0 aliphatic heterocycles. The van der Waals surface area contributed by atoms with Gasteiger partial charge in [0, 0.05) is 5.56 Å². The summed E-state index contributed by atoms with van der Waals surface area (Å²) in [6.45, 7) is 2.00. The van der Waals surface area contributed by atoms with E-state index >= 15 is 0 Å². The molecule has 0 radical (unpaired) electrons. The summed E-state index contributed by atoms with van der Waals surface area (Å²) in [6.07, 6.45) is 0. The van der Waals surface area contributed by atoms with E-state index < -0.39 is 0 Å². The van der Waals surface area contributed by atoms with Crippen molar-refractivity contribution >= 4 is 28.4 Å². The highest BCUT2D eigenvalue weighted by Crippen LogP contribution is 2.22. The van der Waals surface area contributed by atoms with Crippen LogP contribution in [-0.4, -0.2) is 21.1 Å². The van der Waals surface area contributed by atoms with Crippen LogP contribution in [0.1, 0.15) is 15.9 Å². The largest absolute Gasteiger partial charge is 0.293 e. The Morgan fingerprint density at radius 2 is 1.61 bits per heavy atom. The predicted octanol–water partition coefficient (Wildman–Crippen LogP) is 4.67. The molecule has 0 fully saturated rings. The smallest absolute Gasteiger partial charge is 0.266 e. The van der Waals surface area contributed by atoms with Gasteiger partial charge in [-0.25, -0.2) is 4.98 Å². The molecule has 0 spiro atoms. The van der Waals surface area contributed by atoms with E-state index in [0.29, 0.717) is 21.6 Å². The fourth-order valence-electron chi connectivity index (χ4n) is 2.97. The lowest BCUT2D eigenvalue weighted by atomic mass is 10.2. The van der Waals surface area contributed by atoms with Crippen LogP contribution in [0.2, 0.25) is 0 Å². The standard InChI is InChI=1S/C23H18N2O2S/c1-16-11-13-18(14-12-16)25-22(27)19-9-5-6-10-20(19)24-23(25)28-15-21(26)17-7-3-2-4-8-17/h2-14H,15H2,1H3. The third kappa shape index (κ3) is 3.62. The zero-order valence-electron chi connectivity index (χ0n) is 15.3. The Morgan fingerprint density at radius 3 is 2.36 bits per heavy atom. The van der Waals surface area contributed by atoms with Crippen molar-refractivity contribution in [3.8, 4) is 5.69 Å². The van der Waals surface area contributed by atoms with Crippen molar-refractivity contribution in [2.45, 2.75) is 12.1 Å². The van der Waals surface area contributed by atoms with Crippen LogP contribution in [0, 0.1) is 6.92 Å². The highest BCUT2D eigenvalue weighted by molar-refractivity contribution is 7.99. The number of carbonyl (C=O) groups is 1. The van der Waals surface area contributed by atoms with Crippen molar-refractivity contribution in [3.05, 3.63) is 100 Å². The number of aromatic nitrogens is 2. The third-order valence-corrected chi connectivity index (χ3v) is 5.40. The number of aryl methyl sites for hydroxylation is 1. The molecule has 4 nitrogen and oxygen atoms in total. The number of rotatable bonds is 5. The molecule has 0 amide bonds. The first-order valence-electron chi connectivity index (χ1n) is 8.93. The summed E-state index contributed by atoms with van der Waals surface area (Å²) in [5.74, 6) is 0.212. The Hall–Kier alpha value is -3.18. The summed E-state index contributed by atoms with van der Waals surface area (Å²) in [5.41, 5.74) is 3.00. The van der Waals surface area contributed by atoms with Crippen LogP contribution in [0.4, 0.5) is 0 Å². The zero-order chi connectivity index (χ0) is 19.5. The van der Waals surface area contributed by atoms with Crippen molar-refractivity contribution < 1.29 is 4.79 Å². The van der Waals surface area contributed by atoms with Gasteiger partial charge in [0.1, 0.15) is 0 Å². The zero-order valence-corrected chi connectivity index (χ0v) is 16.1. The van der Waals surface area contributed by atoms with Gasteiger partial charge in [0.25, 0.3) is 5.56 Å². The maximum atomic E-state index is 13.2. The Kier molecular flexibility index (Phi) is 5.08. The van der Waals surface area contributed by atoms with Gasteiger partial charge in [-0.3, -0.25) is 14.2 Å². The molecule has 1 heterocycles. The maximum absolute atomic E-state index is 13.2. The molecule has 0 atom stereocenters. The number of thioether (sulfide) groups is 1. The van der Waals surface area contributed by atoms with E-state index in [1.165, 1.54) is 11.8 Å². The van der Waals surface area contributed by atoms with E-state index in [0.717, 1.165) is 11.3 Å². The minimum atomic E-state index is -0.135. The van der Waals surface area contributed by atoms with Crippen LogP contribution in [0.5, 0.6) is 0 Å². The molecule has 1 aromatic heterocycles. The number of hydrogen-bond donors (Lipinski definition) is 0. The van der Waals surface area contributed by atoms with Crippen molar-refractivity contribution in [2.24, 2.45) is 0 Å². The van der Waals surface area contributed by atoms with Gasteiger partial charge in [-0.15, -0.1) is 0 Å². The lowest BCUT2D eigenvalue weighted by Crippen LogP contribution is -2.22. The van der Waals surface area contributed by atoms with Crippen molar-refractivity contribution in [1.29, 1.82) is 0 Å². The SMILES string of the molecule is Cc1ccc(-n2c(SCC(=O)c3ccccc3)nc3ccccc3c2=O)cc1. The molecule has 0 unspecified atom stereocenters. The summed E-state index contributed by atoms with van der Waals surface area (Å²) in [6, 6.07) is 24.2. The Morgan fingerprint density at radius 1 is 0.929 bits per heavy atom. The van der Waals surface area contributed by atoms with E-state index in [1.54, 1.807) is 22.8 Å². The molecule has 0 aliphatic rings. The highest BCUT2D eigenvalue weighted by Gasteiger charge is 2.15. The minimum Gasteiger partial charge on any atom is -0.293 e. The third-order valence-electron chi connectivity index (χ3n) is 4.47. The number of benzene rings is 3. The van der Waals surface area contributed by atoms with Crippen molar-refractivity contribution in [2.75, 3.05) is 5.75 Å². The normalized spacial score (nSPS) is 10.9.